The third-order valence-corrected chi connectivity index (χ3v) is 5.77. The van der Waals surface area contributed by atoms with Crippen molar-refractivity contribution in [2.75, 3.05) is 13.2 Å². The topological polar surface area (TPSA) is 98.9 Å². The number of carbonyl (C=O) groups is 3. The Bertz CT molecular complexity index is 943. The fourth-order valence-corrected chi connectivity index (χ4v) is 4.53. The van der Waals surface area contributed by atoms with Crippen LogP contribution >= 0.6 is 11.8 Å². The third-order valence-electron chi connectivity index (χ3n) is 4.59. The largest absolute Gasteiger partial charge is 0.463 e. The molecule has 0 aromatic heterocycles. The Morgan fingerprint density at radius 3 is 2.31 bits per heavy atom. The standard InChI is InChI=1S/C20H21FN2O5S/c1-4-27-19(25)14-13(11-8-6-7-9-12(11)21)15(20(26)28-5-2)18-23(16(14)22)17(24)10(3)29-18/h6-10,13H,4-5,22H2,1-3H3. The molecule has 1 amide bonds. The van der Waals surface area contributed by atoms with Gasteiger partial charge in [-0.15, -0.1) is 0 Å². The van der Waals surface area contributed by atoms with Crippen LogP contribution < -0.4 is 5.73 Å². The first kappa shape index (κ1) is 20.9. The number of benzene rings is 1. The zero-order chi connectivity index (χ0) is 21.3. The minimum atomic E-state index is -1.16. The second-order valence-electron chi connectivity index (χ2n) is 6.35. The van der Waals surface area contributed by atoms with Crippen molar-refractivity contribution in [1.82, 2.24) is 4.90 Å². The van der Waals surface area contributed by atoms with Gasteiger partial charge < -0.3 is 15.2 Å². The van der Waals surface area contributed by atoms with Crippen molar-refractivity contribution in [3.05, 3.63) is 57.6 Å². The van der Waals surface area contributed by atoms with Gasteiger partial charge in [-0.2, -0.15) is 0 Å². The molecule has 29 heavy (non-hydrogen) atoms. The molecular formula is C20H21FN2O5S. The van der Waals surface area contributed by atoms with E-state index in [1.54, 1.807) is 26.8 Å². The fraction of sp³-hybridized carbons (Fsp3) is 0.350. The molecule has 1 fully saturated rings. The average Bonchev–Trinajstić information content (AvgIpc) is 2.97. The van der Waals surface area contributed by atoms with E-state index >= 15 is 0 Å². The van der Waals surface area contributed by atoms with Gasteiger partial charge >= 0.3 is 11.9 Å². The van der Waals surface area contributed by atoms with Crippen LogP contribution in [0.5, 0.6) is 0 Å². The zero-order valence-corrected chi connectivity index (χ0v) is 17.0. The molecule has 1 saturated heterocycles. The lowest BCUT2D eigenvalue weighted by molar-refractivity contribution is -0.139. The summed E-state index contributed by atoms with van der Waals surface area (Å²) in [6, 6.07) is 5.78. The van der Waals surface area contributed by atoms with Crippen LogP contribution in [0.15, 0.2) is 46.3 Å². The Balaban J connectivity index is 2.32. The van der Waals surface area contributed by atoms with Crippen LogP contribution in [0.25, 0.3) is 0 Å². The molecule has 2 aliphatic rings. The predicted octanol–water partition coefficient (Wildman–Crippen LogP) is 2.39. The van der Waals surface area contributed by atoms with E-state index < -0.39 is 28.9 Å². The predicted molar refractivity (Wildman–Crippen MR) is 105 cm³/mol. The smallest absolute Gasteiger partial charge is 0.338 e. The number of amides is 1. The van der Waals surface area contributed by atoms with Crippen LogP contribution in [-0.4, -0.2) is 41.2 Å². The summed E-state index contributed by atoms with van der Waals surface area (Å²) in [5.74, 6) is -3.89. The van der Waals surface area contributed by atoms with E-state index in [0.29, 0.717) is 0 Å². The van der Waals surface area contributed by atoms with Gasteiger partial charge in [-0.25, -0.2) is 14.0 Å². The maximum absolute atomic E-state index is 14.8. The van der Waals surface area contributed by atoms with Crippen molar-refractivity contribution in [3.63, 3.8) is 0 Å². The van der Waals surface area contributed by atoms with E-state index in [1.807, 2.05) is 0 Å². The molecule has 7 nitrogen and oxygen atoms in total. The van der Waals surface area contributed by atoms with Gasteiger partial charge in [0.25, 0.3) is 0 Å². The number of carbonyl (C=O) groups excluding carboxylic acids is 3. The molecule has 2 unspecified atom stereocenters. The van der Waals surface area contributed by atoms with Crippen molar-refractivity contribution in [2.24, 2.45) is 5.73 Å². The number of hydrogen-bond donors (Lipinski definition) is 1. The number of ether oxygens (including phenoxy) is 2. The van der Waals surface area contributed by atoms with Crippen molar-refractivity contribution >= 4 is 29.6 Å². The number of rotatable bonds is 5. The van der Waals surface area contributed by atoms with Crippen LogP contribution in [0.1, 0.15) is 32.3 Å². The second-order valence-corrected chi connectivity index (χ2v) is 7.68. The lowest BCUT2D eigenvalue weighted by Crippen LogP contribution is -2.40. The van der Waals surface area contributed by atoms with Crippen LogP contribution in [0.2, 0.25) is 0 Å². The molecule has 2 atom stereocenters. The normalized spacial score (nSPS) is 21.4. The second kappa shape index (κ2) is 8.28. The van der Waals surface area contributed by atoms with Crippen molar-refractivity contribution in [2.45, 2.75) is 31.9 Å². The summed E-state index contributed by atoms with van der Waals surface area (Å²) < 4.78 is 25.1. The Kier molecular flexibility index (Phi) is 5.97. The number of hydrogen-bond acceptors (Lipinski definition) is 7. The van der Waals surface area contributed by atoms with E-state index in [9.17, 15) is 18.8 Å². The van der Waals surface area contributed by atoms with Gasteiger partial charge in [-0.1, -0.05) is 30.0 Å². The number of thioether (sulfide) groups is 1. The summed E-state index contributed by atoms with van der Waals surface area (Å²) in [4.78, 5) is 39.5. The monoisotopic (exact) mass is 420 g/mol. The molecule has 3 rings (SSSR count). The molecule has 1 aromatic rings. The maximum Gasteiger partial charge on any atom is 0.338 e. The zero-order valence-electron chi connectivity index (χ0n) is 16.2. The molecule has 154 valence electrons. The third kappa shape index (κ3) is 3.50. The molecule has 0 bridgehead atoms. The summed E-state index contributed by atoms with van der Waals surface area (Å²) in [7, 11) is 0. The maximum atomic E-state index is 14.8. The van der Waals surface area contributed by atoms with Crippen molar-refractivity contribution in [3.8, 4) is 0 Å². The first-order chi connectivity index (χ1) is 13.8. The van der Waals surface area contributed by atoms with Gasteiger partial charge in [0.05, 0.1) is 40.6 Å². The van der Waals surface area contributed by atoms with Crippen molar-refractivity contribution in [1.29, 1.82) is 0 Å². The van der Waals surface area contributed by atoms with E-state index in [2.05, 4.69) is 0 Å². The van der Waals surface area contributed by atoms with Gasteiger partial charge in [0.2, 0.25) is 5.91 Å². The van der Waals surface area contributed by atoms with Crippen LogP contribution in [0, 0.1) is 5.82 Å². The quantitative estimate of drug-likeness (QED) is 0.730. The highest BCUT2D eigenvalue weighted by Crippen LogP contribution is 2.50. The summed E-state index contributed by atoms with van der Waals surface area (Å²) in [6.07, 6.45) is 0. The molecule has 2 heterocycles. The number of esters is 2. The van der Waals surface area contributed by atoms with Gasteiger partial charge in [0.15, 0.2) is 0 Å². The van der Waals surface area contributed by atoms with E-state index in [1.165, 1.54) is 18.2 Å². The molecular weight excluding hydrogens is 399 g/mol. The lowest BCUT2D eigenvalue weighted by Gasteiger charge is -2.33. The van der Waals surface area contributed by atoms with Gasteiger partial charge in [0, 0.05) is 5.56 Å². The van der Waals surface area contributed by atoms with E-state index in [4.69, 9.17) is 15.2 Å². The number of nitrogens with two attached hydrogens (primary N) is 1. The SMILES string of the molecule is CCOC(=O)C1=C(N)N2C(=O)C(C)SC2=C(C(=O)OCC)C1c1ccccc1F. The molecule has 9 heteroatoms. The van der Waals surface area contributed by atoms with Gasteiger partial charge in [0.1, 0.15) is 11.6 Å². The first-order valence-corrected chi connectivity index (χ1v) is 10.0. The molecule has 1 aromatic carbocycles. The van der Waals surface area contributed by atoms with Crippen LogP contribution in [0.4, 0.5) is 4.39 Å². The highest BCUT2D eigenvalue weighted by Gasteiger charge is 2.49. The Morgan fingerprint density at radius 1 is 1.14 bits per heavy atom. The lowest BCUT2D eigenvalue weighted by atomic mass is 9.82. The number of fused-ring (bicyclic) bond motifs is 1. The summed E-state index contributed by atoms with van der Waals surface area (Å²) in [5, 5.41) is -0.282. The highest BCUT2D eigenvalue weighted by molar-refractivity contribution is 8.04. The first-order valence-electron chi connectivity index (χ1n) is 9.16. The molecule has 2 aliphatic heterocycles. The Labute approximate surface area is 171 Å². The Hall–Kier alpha value is -2.81. The molecule has 2 N–H and O–H groups in total. The van der Waals surface area contributed by atoms with E-state index in [-0.39, 0.29) is 46.7 Å². The minimum absolute atomic E-state index is 0.00287. The Morgan fingerprint density at radius 2 is 1.72 bits per heavy atom. The van der Waals surface area contributed by atoms with E-state index in [0.717, 1.165) is 16.7 Å². The van der Waals surface area contributed by atoms with Crippen LogP contribution in [0.3, 0.4) is 0 Å². The molecule has 0 aliphatic carbocycles. The van der Waals surface area contributed by atoms with Gasteiger partial charge in [-0.05, 0) is 26.8 Å². The molecule has 0 spiro atoms. The number of halogens is 1. The van der Waals surface area contributed by atoms with Gasteiger partial charge in [-0.3, -0.25) is 9.69 Å². The molecule has 0 saturated carbocycles. The fourth-order valence-electron chi connectivity index (χ4n) is 3.37. The highest BCUT2D eigenvalue weighted by atomic mass is 32.2. The minimum Gasteiger partial charge on any atom is -0.463 e. The summed E-state index contributed by atoms with van der Waals surface area (Å²) in [5.41, 5.74) is 6.13. The van der Waals surface area contributed by atoms with Crippen molar-refractivity contribution < 1.29 is 28.2 Å². The number of nitrogens with zero attached hydrogens (tertiary/aromatic N) is 1. The average molecular weight is 420 g/mol. The summed E-state index contributed by atoms with van der Waals surface area (Å²) >= 11 is 1.12. The summed E-state index contributed by atoms with van der Waals surface area (Å²) in [6.45, 7) is 5.03. The molecule has 0 radical (unpaired) electrons. The van der Waals surface area contributed by atoms with Crippen LogP contribution in [-0.2, 0) is 23.9 Å².